The van der Waals surface area contributed by atoms with E-state index in [0.717, 1.165) is 95.2 Å². The number of piperidine rings is 1. The second-order valence-corrected chi connectivity index (χ2v) is 14.7. The summed E-state index contributed by atoms with van der Waals surface area (Å²) in [7, 11) is 1.73. The number of Topliss-reactive ketones (excluding diaryl/α,β-unsaturated/α-hetero) is 1. The summed E-state index contributed by atoms with van der Waals surface area (Å²) in [6, 6.07) is 26.0. The molecule has 3 aromatic rings. The first-order valence-electron chi connectivity index (χ1n) is 18.5. The van der Waals surface area contributed by atoms with Gasteiger partial charge in [-0.3, -0.25) is 14.5 Å². The van der Waals surface area contributed by atoms with E-state index in [1.807, 2.05) is 0 Å². The molecule has 5 atom stereocenters. The monoisotopic (exact) mass is 648 g/mol. The highest BCUT2D eigenvalue weighted by Gasteiger charge is 2.66. The fourth-order valence-corrected chi connectivity index (χ4v) is 9.85. The second-order valence-electron chi connectivity index (χ2n) is 14.7. The molecular formula is C42H52N2O4. The minimum Gasteiger partial charge on any atom is -0.493 e. The standard InChI is InChI=1S/C42H52N2O4/c1-30(45)29-43-27-25-42-34-22-23-35(41(42)48-40-37(47-2)24-21-33(39(40)42)28-36(34)43)44(26-13-12-19-32-16-8-4-9-17-32)38(46)20-11-5-10-18-31-14-6-3-7-15-31/h3-4,6-9,14-17,21,24,34-36,41H,5,10-13,18-20,22-23,25-29H2,1-2H3/t34-,35-,36+,41-,42-/m0/s1. The number of amides is 1. The van der Waals surface area contributed by atoms with Crippen molar-refractivity contribution < 1.29 is 19.1 Å². The number of ketones is 1. The molecule has 1 spiro atoms. The first-order valence-corrected chi connectivity index (χ1v) is 18.5. The molecule has 2 fully saturated rings. The Morgan fingerprint density at radius 1 is 0.896 bits per heavy atom. The van der Waals surface area contributed by atoms with E-state index < -0.39 is 0 Å². The SMILES string of the molecule is COc1ccc2c3c1O[C@H]1[C@@H](N(CCCCc4ccccc4)C(=O)CCCCCc4ccccc4)CC[C@H]4[C@@H](C2)N(CC(C)=O)CC[C@@]341. The Kier molecular flexibility index (Phi) is 9.90. The molecule has 0 aromatic heterocycles. The number of benzene rings is 3. The number of aryl methyl sites for hydroxylation is 2. The van der Waals surface area contributed by atoms with Crippen molar-refractivity contribution in [2.24, 2.45) is 5.92 Å². The molecule has 1 saturated carbocycles. The Balaban J connectivity index is 1.12. The Hall–Kier alpha value is -3.64. The molecule has 48 heavy (non-hydrogen) atoms. The average Bonchev–Trinajstić information content (AvgIpc) is 3.45. The number of nitrogens with zero attached hydrogens (tertiary/aromatic N) is 2. The normalized spacial score (nSPS) is 25.2. The molecule has 2 aliphatic heterocycles. The molecule has 4 aliphatic rings. The molecule has 254 valence electrons. The molecule has 0 unspecified atom stereocenters. The van der Waals surface area contributed by atoms with Gasteiger partial charge in [0, 0.05) is 30.0 Å². The fraction of sp³-hybridized carbons (Fsp3) is 0.524. The minimum atomic E-state index is -0.156. The fourth-order valence-electron chi connectivity index (χ4n) is 9.85. The Morgan fingerprint density at radius 3 is 2.29 bits per heavy atom. The lowest BCUT2D eigenvalue weighted by atomic mass is 9.51. The summed E-state index contributed by atoms with van der Waals surface area (Å²) in [5.41, 5.74) is 5.25. The number of ether oxygens (including phenoxy) is 2. The van der Waals surface area contributed by atoms with Gasteiger partial charge in [-0.2, -0.15) is 0 Å². The topological polar surface area (TPSA) is 59.1 Å². The molecule has 6 heteroatoms. The number of carbonyl (C=O) groups is 2. The Labute approximate surface area is 286 Å². The van der Waals surface area contributed by atoms with Crippen LogP contribution in [-0.2, 0) is 34.3 Å². The lowest BCUT2D eigenvalue weighted by Crippen LogP contribution is -2.69. The molecule has 3 aromatic carbocycles. The van der Waals surface area contributed by atoms with Crippen molar-refractivity contribution in [2.45, 2.75) is 108 Å². The van der Waals surface area contributed by atoms with Crippen LogP contribution in [0.4, 0.5) is 0 Å². The summed E-state index contributed by atoms with van der Waals surface area (Å²) < 4.78 is 13.0. The number of carbonyl (C=O) groups excluding carboxylic acids is 2. The number of likely N-dealkylation sites (tertiary alicyclic amines) is 1. The summed E-state index contributed by atoms with van der Waals surface area (Å²) in [6.45, 7) is 3.88. The smallest absolute Gasteiger partial charge is 0.222 e. The van der Waals surface area contributed by atoms with Crippen LogP contribution in [0, 0.1) is 5.92 Å². The van der Waals surface area contributed by atoms with Gasteiger partial charge in [-0.15, -0.1) is 0 Å². The quantitative estimate of drug-likeness (QED) is 0.161. The number of unbranched alkanes of at least 4 members (excludes halogenated alkanes) is 3. The third-order valence-corrected chi connectivity index (χ3v) is 11.9. The van der Waals surface area contributed by atoms with E-state index in [9.17, 15) is 9.59 Å². The van der Waals surface area contributed by atoms with Gasteiger partial charge in [0.1, 0.15) is 11.9 Å². The van der Waals surface area contributed by atoms with Crippen LogP contribution in [0.1, 0.15) is 87.0 Å². The molecule has 1 saturated heterocycles. The van der Waals surface area contributed by atoms with Gasteiger partial charge >= 0.3 is 0 Å². The Bertz CT molecular complexity index is 1580. The molecule has 1 amide bonds. The second kappa shape index (κ2) is 14.5. The van der Waals surface area contributed by atoms with Gasteiger partial charge in [0.25, 0.3) is 0 Å². The van der Waals surface area contributed by atoms with Gasteiger partial charge in [-0.1, -0.05) is 73.2 Å². The molecule has 6 nitrogen and oxygen atoms in total. The van der Waals surface area contributed by atoms with Crippen LogP contribution < -0.4 is 9.47 Å². The van der Waals surface area contributed by atoms with E-state index in [4.69, 9.17) is 9.47 Å². The van der Waals surface area contributed by atoms with E-state index in [-0.39, 0.29) is 29.3 Å². The zero-order chi connectivity index (χ0) is 33.1. The zero-order valence-electron chi connectivity index (χ0n) is 28.9. The van der Waals surface area contributed by atoms with Crippen molar-refractivity contribution in [1.82, 2.24) is 9.80 Å². The summed E-state index contributed by atoms with van der Waals surface area (Å²) in [4.78, 5) is 31.4. The van der Waals surface area contributed by atoms with Crippen molar-refractivity contribution in [2.75, 3.05) is 26.7 Å². The molecule has 7 rings (SSSR count). The zero-order valence-corrected chi connectivity index (χ0v) is 28.9. The summed E-state index contributed by atoms with van der Waals surface area (Å²) >= 11 is 0. The lowest BCUT2D eigenvalue weighted by Gasteiger charge is -2.60. The van der Waals surface area contributed by atoms with Crippen molar-refractivity contribution in [3.8, 4) is 11.5 Å². The average molecular weight is 649 g/mol. The van der Waals surface area contributed by atoms with E-state index in [1.165, 1.54) is 22.3 Å². The van der Waals surface area contributed by atoms with Crippen LogP contribution in [0.5, 0.6) is 11.5 Å². The molecular weight excluding hydrogens is 596 g/mol. The number of rotatable bonds is 15. The van der Waals surface area contributed by atoms with Gasteiger partial charge in [-0.05, 0) is 106 Å². The predicted octanol–water partition coefficient (Wildman–Crippen LogP) is 7.35. The maximum Gasteiger partial charge on any atom is 0.222 e. The highest BCUT2D eigenvalue weighted by atomic mass is 16.5. The number of methoxy groups -OCH3 is 1. The van der Waals surface area contributed by atoms with Crippen LogP contribution in [0.3, 0.4) is 0 Å². The summed E-state index contributed by atoms with van der Waals surface area (Å²) in [6.07, 6.45) is 11.6. The maximum absolute atomic E-state index is 14.3. The van der Waals surface area contributed by atoms with Gasteiger partial charge in [0.2, 0.25) is 5.91 Å². The number of hydrogen-bond acceptors (Lipinski definition) is 5. The molecule has 0 radical (unpaired) electrons. The molecule has 2 aliphatic carbocycles. The van der Waals surface area contributed by atoms with Gasteiger partial charge in [-0.25, -0.2) is 0 Å². The van der Waals surface area contributed by atoms with Crippen molar-refractivity contribution >= 4 is 11.7 Å². The van der Waals surface area contributed by atoms with Crippen LogP contribution in [0.25, 0.3) is 0 Å². The van der Waals surface area contributed by atoms with Crippen LogP contribution in [0.2, 0.25) is 0 Å². The molecule has 2 heterocycles. The van der Waals surface area contributed by atoms with Crippen LogP contribution >= 0.6 is 0 Å². The summed E-state index contributed by atoms with van der Waals surface area (Å²) in [5.74, 6) is 2.63. The van der Waals surface area contributed by atoms with E-state index in [2.05, 4.69) is 82.6 Å². The predicted molar refractivity (Wildman–Crippen MR) is 190 cm³/mol. The molecule has 2 bridgehead atoms. The van der Waals surface area contributed by atoms with E-state index >= 15 is 0 Å². The number of hydrogen-bond donors (Lipinski definition) is 0. The third kappa shape index (κ3) is 6.29. The van der Waals surface area contributed by atoms with Crippen molar-refractivity contribution in [1.29, 1.82) is 0 Å². The minimum absolute atomic E-state index is 0.0258. The van der Waals surface area contributed by atoms with Crippen molar-refractivity contribution in [3.63, 3.8) is 0 Å². The largest absolute Gasteiger partial charge is 0.493 e. The first kappa shape index (κ1) is 32.9. The lowest BCUT2D eigenvalue weighted by molar-refractivity contribution is -0.143. The third-order valence-electron chi connectivity index (χ3n) is 11.9. The van der Waals surface area contributed by atoms with Gasteiger partial charge in [0.15, 0.2) is 11.5 Å². The molecule has 0 N–H and O–H groups in total. The van der Waals surface area contributed by atoms with E-state index in [1.54, 1.807) is 14.0 Å². The first-order chi connectivity index (χ1) is 23.5. The van der Waals surface area contributed by atoms with Crippen LogP contribution in [0.15, 0.2) is 72.8 Å². The van der Waals surface area contributed by atoms with Crippen molar-refractivity contribution in [3.05, 3.63) is 95.1 Å². The van der Waals surface area contributed by atoms with Gasteiger partial charge < -0.3 is 14.4 Å². The highest BCUT2D eigenvalue weighted by Crippen LogP contribution is 2.64. The summed E-state index contributed by atoms with van der Waals surface area (Å²) in [5, 5.41) is 0. The van der Waals surface area contributed by atoms with Crippen LogP contribution in [-0.4, -0.2) is 66.4 Å². The van der Waals surface area contributed by atoms with Gasteiger partial charge in [0.05, 0.1) is 19.7 Å². The van der Waals surface area contributed by atoms with E-state index in [0.29, 0.717) is 24.9 Å². The maximum atomic E-state index is 14.3. The Morgan fingerprint density at radius 2 is 1.60 bits per heavy atom. The highest BCUT2D eigenvalue weighted by molar-refractivity contribution is 5.78.